The van der Waals surface area contributed by atoms with E-state index in [0.717, 1.165) is 49.6 Å². The van der Waals surface area contributed by atoms with Crippen molar-refractivity contribution in [3.63, 3.8) is 0 Å². The molecule has 182 valence electrons. The number of aliphatic carboxylic acids is 2. The fraction of sp³-hybridized carbons (Fsp3) is 0.333. The molecule has 1 fully saturated rings. The van der Waals surface area contributed by atoms with Crippen LogP contribution in [0.1, 0.15) is 17.2 Å². The zero-order chi connectivity index (χ0) is 24.7. The summed E-state index contributed by atoms with van der Waals surface area (Å²) in [6, 6.07) is 12.0. The van der Waals surface area contributed by atoms with Gasteiger partial charge in [-0.2, -0.15) is 0 Å². The van der Waals surface area contributed by atoms with Gasteiger partial charge in [-0.1, -0.05) is 41.6 Å². The number of piperazine rings is 1. The Morgan fingerprint density at radius 2 is 1.71 bits per heavy atom. The molecule has 7 nitrogen and oxygen atoms in total. The molecule has 2 aromatic rings. The van der Waals surface area contributed by atoms with Crippen molar-refractivity contribution >= 4 is 35.3 Å². The average molecular weight is 509 g/mol. The van der Waals surface area contributed by atoms with Gasteiger partial charge < -0.3 is 15.3 Å². The second-order valence-electron chi connectivity index (χ2n) is 7.84. The lowest BCUT2D eigenvalue weighted by Gasteiger charge is -2.39. The van der Waals surface area contributed by atoms with E-state index in [1.807, 2.05) is 6.07 Å². The van der Waals surface area contributed by atoms with Gasteiger partial charge in [-0.05, 0) is 35.7 Å². The number of aliphatic hydroxyl groups is 1. The van der Waals surface area contributed by atoms with E-state index in [9.17, 15) is 14.0 Å². The second-order valence-corrected chi connectivity index (χ2v) is 9.34. The van der Waals surface area contributed by atoms with Gasteiger partial charge in [-0.25, -0.2) is 14.0 Å². The minimum Gasteiger partial charge on any atom is -0.478 e. The first kappa shape index (κ1) is 26.2. The molecule has 2 aromatic carbocycles. The first-order valence-electron chi connectivity index (χ1n) is 10.7. The lowest BCUT2D eigenvalue weighted by Crippen LogP contribution is -2.48. The van der Waals surface area contributed by atoms with Crippen molar-refractivity contribution in [2.45, 2.75) is 22.3 Å². The molecule has 0 spiro atoms. The van der Waals surface area contributed by atoms with Crippen LogP contribution in [0.4, 0.5) is 4.39 Å². The fourth-order valence-electron chi connectivity index (χ4n) is 4.01. The van der Waals surface area contributed by atoms with Crippen LogP contribution in [0.25, 0.3) is 0 Å². The van der Waals surface area contributed by atoms with Crippen LogP contribution in [0, 0.1) is 5.82 Å². The summed E-state index contributed by atoms with van der Waals surface area (Å²) in [7, 11) is 0. The molecule has 2 heterocycles. The molecule has 1 unspecified atom stereocenters. The number of nitrogens with zero attached hydrogens (tertiary/aromatic N) is 2. The van der Waals surface area contributed by atoms with Crippen molar-refractivity contribution in [3.05, 3.63) is 70.5 Å². The number of benzene rings is 2. The quantitative estimate of drug-likeness (QED) is 0.527. The van der Waals surface area contributed by atoms with Gasteiger partial charge in [0.05, 0.1) is 11.6 Å². The molecule has 2 aliphatic heterocycles. The highest BCUT2D eigenvalue weighted by Gasteiger charge is 2.30. The van der Waals surface area contributed by atoms with Crippen LogP contribution >= 0.6 is 23.4 Å². The molecular weight excluding hydrogens is 483 g/mol. The van der Waals surface area contributed by atoms with Crippen LogP contribution in [0.5, 0.6) is 0 Å². The van der Waals surface area contributed by atoms with Crippen molar-refractivity contribution in [1.29, 1.82) is 0 Å². The van der Waals surface area contributed by atoms with E-state index in [0.29, 0.717) is 12.2 Å². The van der Waals surface area contributed by atoms with Gasteiger partial charge in [0.2, 0.25) is 0 Å². The van der Waals surface area contributed by atoms with E-state index in [-0.39, 0.29) is 23.5 Å². The van der Waals surface area contributed by atoms with E-state index in [1.165, 1.54) is 10.5 Å². The molecule has 0 amide bonds. The van der Waals surface area contributed by atoms with Gasteiger partial charge in [-0.3, -0.25) is 9.80 Å². The minimum atomic E-state index is -1.26. The molecule has 0 aliphatic carbocycles. The smallest absolute Gasteiger partial charge is 0.328 e. The minimum absolute atomic E-state index is 0.143. The highest BCUT2D eigenvalue weighted by molar-refractivity contribution is 7.99. The number of fused-ring (bicyclic) bond motifs is 2. The monoisotopic (exact) mass is 508 g/mol. The molecule has 10 heteroatoms. The molecule has 2 aliphatic rings. The third-order valence-corrected chi connectivity index (χ3v) is 7.13. The van der Waals surface area contributed by atoms with Crippen LogP contribution in [0.3, 0.4) is 0 Å². The van der Waals surface area contributed by atoms with Crippen LogP contribution < -0.4 is 0 Å². The normalized spacial score (nSPS) is 18.4. The van der Waals surface area contributed by atoms with Crippen molar-refractivity contribution < 1.29 is 29.3 Å². The molecule has 34 heavy (non-hydrogen) atoms. The third-order valence-electron chi connectivity index (χ3n) is 5.65. The Bertz CT molecular complexity index is 1040. The maximum atomic E-state index is 14.3. The lowest BCUT2D eigenvalue weighted by molar-refractivity contribution is -0.134. The molecular formula is C24H26ClFN2O5S. The number of halogens is 2. The summed E-state index contributed by atoms with van der Waals surface area (Å²) >= 11 is 7.76. The predicted molar refractivity (Wildman–Crippen MR) is 128 cm³/mol. The Kier molecular flexibility index (Phi) is 9.49. The number of aliphatic hydroxyl groups excluding tert-OH is 1. The second kappa shape index (κ2) is 12.3. The summed E-state index contributed by atoms with van der Waals surface area (Å²) in [5.74, 6) is -2.86. The van der Waals surface area contributed by atoms with Gasteiger partial charge >= 0.3 is 11.9 Å². The number of hydrogen-bond donors (Lipinski definition) is 3. The topological polar surface area (TPSA) is 101 Å². The Hall–Kier alpha value is -2.43. The number of carboxylic acid groups (broad SMARTS) is 2. The Labute approximate surface area is 206 Å². The van der Waals surface area contributed by atoms with Gasteiger partial charge in [-0.15, -0.1) is 0 Å². The van der Waals surface area contributed by atoms with Crippen molar-refractivity contribution in [1.82, 2.24) is 9.80 Å². The summed E-state index contributed by atoms with van der Waals surface area (Å²) in [4.78, 5) is 26.1. The largest absolute Gasteiger partial charge is 0.478 e. The Balaban J connectivity index is 0.000000350. The average Bonchev–Trinajstić information content (AvgIpc) is 2.96. The summed E-state index contributed by atoms with van der Waals surface area (Å²) in [5.41, 5.74) is 2.33. The van der Waals surface area contributed by atoms with Crippen LogP contribution in [0.15, 0.2) is 58.3 Å². The number of carbonyl (C=O) groups is 2. The van der Waals surface area contributed by atoms with E-state index >= 15 is 0 Å². The zero-order valence-electron chi connectivity index (χ0n) is 18.4. The first-order valence-corrected chi connectivity index (χ1v) is 11.9. The van der Waals surface area contributed by atoms with E-state index in [1.54, 1.807) is 23.9 Å². The number of carboxylic acids is 2. The van der Waals surface area contributed by atoms with Gasteiger partial charge in [0, 0.05) is 60.7 Å². The fourth-order valence-corrected chi connectivity index (χ4v) is 5.39. The molecule has 1 saturated heterocycles. The maximum Gasteiger partial charge on any atom is 0.328 e. The summed E-state index contributed by atoms with van der Waals surface area (Å²) < 4.78 is 14.3. The van der Waals surface area contributed by atoms with E-state index < -0.39 is 11.9 Å². The zero-order valence-corrected chi connectivity index (χ0v) is 19.9. The number of β-amino-alcohol motifs (C(OH)–C–C–N with tert-alkyl or cyclic N) is 1. The van der Waals surface area contributed by atoms with Crippen molar-refractivity contribution in [2.75, 3.05) is 39.3 Å². The maximum absolute atomic E-state index is 14.3. The number of rotatable bonds is 5. The van der Waals surface area contributed by atoms with Crippen LogP contribution in [-0.2, 0) is 16.0 Å². The molecule has 4 rings (SSSR count). The van der Waals surface area contributed by atoms with E-state index in [4.69, 9.17) is 26.9 Å². The molecule has 0 saturated carbocycles. The summed E-state index contributed by atoms with van der Waals surface area (Å²) in [6.07, 6.45) is 1.99. The number of hydrogen-bond acceptors (Lipinski definition) is 6. The van der Waals surface area contributed by atoms with Crippen LogP contribution in [-0.4, -0.2) is 76.4 Å². The standard InChI is InChI=1S/C20H22ClFN2OS.C4H4O4/c21-16-13-20-15(12-17(16)22)18(11-14-3-1-2-4-19(14)26-20)24-7-5-23(6-8-24)9-10-25;5-3(6)1-2-4(7)8/h1-4,12-13,18,25H,5-11H2;1-2H,(H,5,6)(H,7,8)/b;2-1+. The molecule has 0 bridgehead atoms. The Morgan fingerprint density at radius 1 is 1.06 bits per heavy atom. The first-order chi connectivity index (χ1) is 16.3. The highest BCUT2D eigenvalue weighted by atomic mass is 35.5. The Morgan fingerprint density at radius 3 is 2.32 bits per heavy atom. The van der Waals surface area contributed by atoms with Crippen LogP contribution in [0.2, 0.25) is 5.02 Å². The van der Waals surface area contributed by atoms with Crippen molar-refractivity contribution in [3.8, 4) is 0 Å². The van der Waals surface area contributed by atoms with Gasteiger partial charge in [0.1, 0.15) is 5.82 Å². The van der Waals surface area contributed by atoms with Gasteiger partial charge in [0.25, 0.3) is 0 Å². The molecule has 1 atom stereocenters. The summed E-state index contributed by atoms with van der Waals surface area (Å²) in [6.45, 7) is 4.61. The third kappa shape index (κ3) is 7.04. The SMILES string of the molecule is O=C(O)/C=C/C(=O)O.OCCN1CCN(C2Cc3ccccc3Sc3cc(Cl)c(F)cc32)CC1. The lowest BCUT2D eigenvalue weighted by atomic mass is 9.96. The predicted octanol–water partition coefficient (Wildman–Crippen LogP) is 3.55. The molecule has 0 aromatic heterocycles. The molecule has 3 N–H and O–H groups in total. The highest BCUT2D eigenvalue weighted by Crippen LogP contribution is 2.44. The van der Waals surface area contributed by atoms with E-state index in [2.05, 4.69) is 28.0 Å². The summed E-state index contributed by atoms with van der Waals surface area (Å²) in [5, 5.41) is 25.0. The van der Waals surface area contributed by atoms with Gasteiger partial charge in [0.15, 0.2) is 0 Å². The van der Waals surface area contributed by atoms with Crippen molar-refractivity contribution in [2.24, 2.45) is 0 Å². The molecule has 0 radical (unpaired) electrons.